The van der Waals surface area contributed by atoms with Crippen LogP contribution in [-0.2, 0) is 30.3 Å². The number of carbonyl (C=O) groups excluding carboxylic acids is 4. The van der Waals surface area contributed by atoms with E-state index in [1.54, 1.807) is 38.4 Å². The summed E-state index contributed by atoms with van der Waals surface area (Å²) in [6.45, 7) is 15.8. The first-order chi connectivity index (χ1) is 27.9. The molecule has 15 heteroatoms. The quantitative estimate of drug-likeness (QED) is 0.0533. The van der Waals surface area contributed by atoms with Gasteiger partial charge in [-0.1, -0.05) is 72.8 Å². The third-order valence-electron chi connectivity index (χ3n) is 11.4. The van der Waals surface area contributed by atoms with Gasteiger partial charge in [0.1, 0.15) is 22.6 Å². The lowest BCUT2D eigenvalue weighted by Gasteiger charge is -2.40. The van der Waals surface area contributed by atoms with Crippen molar-refractivity contribution in [2.24, 2.45) is 17.3 Å². The van der Waals surface area contributed by atoms with Crippen LogP contribution in [0.5, 0.6) is 0 Å². The minimum atomic E-state index is -1.20. The molecule has 330 valence electrons. The van der Waals surface area contributed by atoms with Gasteiger partial charge < -0.3 is 36.0 Å². The topological polar surface area (TPSA) is 179 Å². The van der Waals surface area contributed by atoms with E-state index in [0.717, 1.165) is 56.4 Å². The van der Waals surface area contributed by atoms with Crippen molar-refractivity contribution in [2.45, 2.75) is 156 Å². The standard InChI is InChI=1S/C44H69FN6O7S/c1-10-12-13-16-21-51(42(55)38(28(5)11-2)50-39(53)34-17-14-15-20-47-34)36(27(3)4)24-37(58-29(6)52)41-49-35(26-59-41)40(54)48-31(25-44(7,8)43(56)57)22-30-18-19-33(46-9)32(45)23-30/h18-19,23,26-28,31,34,36-38,46-47H,10-17,20-22,24-25H2,1-9H3,(H,48,54)(H,50,53)(H,56,57)/t28-,31-,34+,36+,37+,38-/m0/s1. The first-order valence-corrected chi connectivity index (χ1v) is 22.3. The third-order valence-corrected chi connectivity index (χ3v) is 12.3. The first-order valence-electron chi connectivity index (χ1n) is 21.4. The van der Waals surface area contributed by atoms with E-state index in [1.165, 1.54) is 13.0 Å². The van der Waals surface area contributed by atoms with Gasteiger partial charge in [-0.25, -0.2) is 9.37 Å². The number of aliphatic carboxylic acids is 1. The van der Waals surface area contributed by atoms with Gasteiger partial charge in [-0.05, 0) is 82.0 Å². The number of amides is 3. The molecule has 1 saturated heterocycles. The minimum Gasteiger partial charge on any atom is -0.481 e. The summed E-state index contributed by atoms with van der Waals surface area (Å²) in [5, 5.41) is 24.0. The molecule has 6 atom stereocenters. The van der Waals surface area contributed by atoms with Gasteiger partial charge >= 0.3 is 11.9 Å². The number of nitrogens with zero attached hydrogens (tertiary/aromatic N) is 2. The van der Waals surface area contributed by atoms with Gasteiger partial charge in [0.25, 0.3) is 5.91 Å². The molecular formula is C44H69FN6O7S. The number of carbonyl (C=O) groups is 5. The molecule has 0 radical (unpaired) electrons. The zero-order valence-electron chi connectivity index (χ0n) is 36.6. The number of piperidine rings is 1. The first kappa shape index (κ1) is 49.3. The van der Waals surface area contributed by atoms with Crippen LogP contribution in [0.4, 0.5) is 10.1 Å². The highest BCUT2D eigenvalue weighted by Gasteiger charge is 2.38. The molecule has 13 nitrogen and oxygen atoms in total. The van der Waals surface area contributed by atoms with Crippen LogP contribution in [0, 0.1) is 23.1 Å². The Balaban J connectivity index is 1.94. The van der Waals surface area contributed by atoms with Crippen LogP contribution in [-0.4, -0.2) is 89.0 Å². The number of aromatic nitrogens is 1. The van der Waals surface area contributed by atoms with Crippen molar-refractivity contribution in [3.8, 4) is 0 Å². The van der Waals surface area contributed by atoms with Gasteiger partial charge in [0, 0.05) is 44.4 Å². The van der Waals surface area contributed by atoms with E-state index in [2.05, 4.69) is 33.2 Å². The van der Waals surface area contributed by atoms with E-state index in [9.17, 15) is 33.5 Å². The molecular weight excluding hydrogens is 776 g/mol. The molecule has 0 aliphatic carbocycles. The Morgan fingerprint density at radius 2 is 1.81 bits per heavy atom. The number of benzene rings is 1. The van der Waals surface area contributed by atoms with Crippen molar-refractivity contribution in [3.05, 3.63) is 45.7 Å². The number of esters is 1. The summed E-state index contributed by atoms with van der Waals surface area (Å²) in [5.74, 6) is -3.16. The highest BCUT2D eigenvalue weighted by Crippen LogP contribution is 2.32. The average molecular weight is 845 g/mol. The predicted octanol–water partition coefficient (Wildman–Crippen LogP) is 7.27. The van der Waals surface area contributed by atoms with E-state index in [0.29, 0.717) is 35.6 Å². The Morgan fingerprint density at radius 1 is 1.08 bits per heavy atom. The van der Waals surface area contributed by atoms with Crippen LogP contribution in [0.25, 0.3) is 0 Å². The van der Waals surface area contributed by atoms with Crippen LogP contribution in [0.15, 0.2) is 23.6 Å². The molecule has 2 aromatic rings. The Labute approximate surface area is 354 Å². The molecule has 5 N–H and O–H groups in total. The lowest BCUT2D eigenvalue weighted by molar-refractivity contribution is -0.150. The smallest absolute Gasteiger partial charge is 0.309 e. The maximum Gasteiger partial charge on any atom is 0.309 e. The fraction of sp³-hybridized carbons (Fsp3) is 0.682. The molecule has 1 aliphatic rings. The number of hydrogen-bond donors (Lipinski definition) is 5. The van der Waals surface area contributed by atoms with Crippen molar-refractivity contribution in [1.29, 1.82) is 0 Å². The summed E-state index contributed by atoms with van der Waals surface area (Å²) in [7, 11) is 1.61. The molecule has 0 unspecified atom stereocenters. The third kappa shape index (κ3) is 14.8. The van der Waals surface area contributed by atoms with Gasteiger partial charge in [0.15, 0.2) is 6.10 Å². The van der Waals surface area contributed by atoms with Crippen LogP contribution in [0.1, 0.15) is 147 Å². The molecule has 0 bridgehead atoms. The van der Waals surface area contributed by atoms with Crippen LogP contribution in [0.2, 0.25) is 0 Å². The van der Waals surface area contributed by atoms with Crippen molar-refractivity contribution < 1.29 is 38.2 Å². The zero-order valence-corrected chi connectivity index (χ0v) is 37.4. The highest BCUT2D eigenvalue weighted by atomic mass is 32.1. The summed E-state index contributed by atoms with van der Waals surface area (Å²) in [4.78, 5) is 73.3. The molecule has 3 amide bonds. The van der Waals surface area contributed by atoms with Crippen LogP contribution in [0.3, 0.4) is 0 Å². The lowest BCUT2D eigenvalue weighted by Crippen LogP contribution is -2.58. The van der Waals surface area contributed by atoms with E-state index in [-0.39, 0.29) is 54.6 Å². The van der Waals surface area contributed by atoms with E-state index < -0.39 is 53.3 Å². The number of carboxylic acid groups (broad SMARTS) is 1. The minimum absolute atomic E-state index is 0.0569. The maximum atomic E-state index is 14.8. The van der Waals surface area contributed by atoms with E-state index in [1.807, 2.05) is 32.6 Å². The molecule has 1 aromatic carbocycles. The van der Waals surface area contributed by atoms with Crippen molar-refractivity contribution in [3.63, 3.8) is 0 Å². The maximum absolute atomic E-state index is 14.8. The normalized spacial score (nSPS) is 17.0. The summed E-state index contributed by atoms with van der Waals surface area (Å²) in [6, 6.07) is 2.48. The Bertz CT molecular complexity index is 1700. The number of hydrogen-bond acceptors (Lipinski definition) is 10. The molecule has 3 rings (SSSR count). The zero-order chi connectivity index (χ0) is 43.9. The fourth-order valence-corrected chi connectivity index (χ4v) is 8.41. The van der Waals surface area contributed by atoms with Crippen molar-refractivity contribution in [2.75, 3.05) is 25.5 Å². The SMILES string of the molecule is CCCCCCN(C(=O)[C@@H](NC(=O)[C@H]1CCCCN1)[C@@H](C)CC)[C@H](C[C@@H](OC(C)=O)c1nc(C(=O)N[C@@H](Cc2ccc(NC)c(F)c2)CC(C)(C)C(=O)O)cs1)C(C)C. The number of thiazole rings is 1. The number of halogens is 1. The van der Waals surface area contributed by atoms with E-state index in [4.69, 9.17) is 4.74 Å². The second kappa shape index (κ2) is 23.6. The summed E-state index contributed by atoms with van der Waals surface area (Å²) in [5.41, 5.74) is -0.252. The molecule has 59 heavy (non-hydrogen) atoms. The number of anilines is 1. The number of ether oxygens (including phenoxy) is 1. The summed E-state index contributed by atoms with van der Waals surface area (Å²) < 4.78 is 20.6. The Kier molecular flexibility index (Phi) is 19.7. The van der Waals surface area contributed by atoms with Gasteiger partial charge in [-0.3, -0.25) is 24.0 Å². The van der Waals surface area contributed by atoms with Crippen LogP contribution < -0.4 is 21.3 Å². The van der Waals surface area contributed by atoms with Gasteiger partial charge in [-0.15, -0.1) is 11.3 Å². The number of nitrogens with one attached hydrogen (secondary N) is 4. The molecule has 2 heterocycles. The van der Waals surface area contributed by atoms with E-state index >= 15 is 0 Å². The van der Waals surface area contributed by atoms with Gasteiger partial charge in [0.2, 0.25) is 11.8 Å². The average Bonchev–Trinajstić information content (AvgIpc) is 3.69. The van der Waals surface area contributed by atoms with Gasteiger partial charge in [0.05, 0.1) is 17.1 Å². The second-order valence-electron chi connectivity index (χ2n) is 17.0. The van der Waals surface area contributed by atoms with Crippen molar-refractivity contribution in [1.82, 2.24) is 25.8 Å². The number of unbranched alkanes of at least 4 members (excludes halogenated alkanes) is 3. The van der Waals surface area contributed by atoms with Crippen LogP contribution >= 0.6 is 11.3 Å². The number of carboxylic acids is 1. The number of rotatable bonds is 24. The molecule has 1 aliphatic heterocycles. The largest absolute Gasteiger partial charge is 0.481 e. The highest BCUT2D eigenvalue weighted by molar-refractivity contribution is 7.09. The lowest BCUT2D eigenvalue weighted by atomic mass is 9.84. The molecule has 0 spiro atoms. The van der Waals surface area contributed by atoms with Crippen molar-refractivity contribution >= 4 is 46.7 Å². The molecule has 1 aromatic heterocycles. The molecule has 0 saturated carbocycles. The summed E-state index contributed by atoms with van der Waals surface area (Å²) in [6.07, 6.45) is 6.62. The predicted molar refractivity (Wildman–Crippen MR) is 230 cm³/mol. The Morgan fingerprint density at radius 3 is 2.39 bits per heavy atom. The van der Waals surface area contributed by atoms with Gasteiger partial charge in [-0.2, -0.15) is 0 Å². The summed E-state index contributed by atoms with van der Waals surface area (Å²) >= 11 is 1.15. The monoisotopic (exact) mass is 844 g/mol. The Hall–Kier alpha value is -4.11. The second-order valence-corrected chi connectivity index (χ2v) is 17.9. The fourth-order valence-electron chi connectivity index (χ4n) is 7.57. The molecule has 1 fully saturated rings.